The summed E-state index contributed by atoms with van der Waals surface area (Å²) >= 11 is 0. The van der Waals surface area contributed by atoms with Crippen LogP contribution in [0.3, 0.4) is 0 Å². The Morgan fingerprint density at radius 2 is 1.79 bits per heavy atom. The summed E-state index contributed by atoms with van der Waals surface area (Å²) in [5.41, 5.74) is 6.44. The van der Waals surface area contributed by atoms with E-state index in [4.69, 9.17) is 0 Å². The first kappa shape index (κ1) is 20.5. The topological polar surface area (TPSA) is 85.1 Å². The zero-order valence-electron chi connectivity index (χ0n) is 19.0. The van der Waals surface area contributed by atoms with Crippen molar-refractivity contribution in [3.63, 3.8) is 0 Å². The molecular weight excluding hydrogens is 428 g/mol. The molecule has 170 valence electrons. The van der Waals surface area contributed by atoms with Gasteiger partial charge >= 0.3 is 0 Å². The second-order valence-corrected chi connectivity index (χ2v) is 9.12. The molecule has 0 fully saturated rings. The zero-order chi connectivity index (χ0) is 23.6. The molecule has 1 unspecified atom stereocenters. The fourth-order valence-electron chi connectivity index (χ4n) is 5.71. The van der Waals surface area contributed by atoms with Crippen LogP contribution in [-0.2, 0) is 34.4 Å². The van der Waals surface area contributed by atoms with Crippen molar-refractivity contribution in [2.24, 2.45) is 7.05 Å². The number of aryl methyl sites for hydroxylation is 3. The number of benzene rings is 2. The van der Waals surface area contributed by atoms with E-state index in [1.54, 1.807) is 0 Å². The molecule has 2 aliphatic heterocycles. The quantitative estimate of drug-likeness (QED) is 0.369. The van der Waals surface area contributed by atoms with Crippen molar-refractivity contribution < 1.29 is 14.4 Å². The van der Waals surface area contributed by atoms with Crippen LogP contribution in [0.15, 0.2) is 48.7 Å². The zero-order valence-corrected chi connectivity index (χ0v) is 19.0. The van der Waals surface area contributed by atoms with Crippen molar-refractivity contribution in [2.45, 2.75) is 32.4 Å². The first-order valence-corrected chi connectivity index (χ1v) is 11.4. The number of carbonyl (C=O) groups excluding carboxylic acids is 3. The van der Waals surface area contributed by atoms with E-state index in [2.05, 4.69) is 21.3 Å². The Morgan fingerprint density at radius 1 is 1.03 bits per heavy atom. The van der Waals surface area contributed by atoms with Crippen LogP contribution in [0.2, 0.25) is 0 Å². The second kappa shape index (κ2) is 7.45. The summed E-state index contributed by atoms with van der Waals surface area (Å²) in [7, 11) is 1.94. The van der Waals surface area contributed by atoms with Gasteiger partial charge in [-0.15, -0.1) is 0 Å². The monoisotopic (exact) mass is 452 g/mol. The minimum Gasteiger partial charge on any atom is -0.355 e. The molecule has 0 saturated carbocycles. The number of hydrogen-bond donors (Lipinski definition) is 2. The van der Waals surface area contributed by atoms with Gasteiger partial charge in [0.2, 0.25) is 6.41 Å². The summed E-state index contributed by atoms with van der Waals surface area (Å²) < 4.78 is 4.22. The van der Waals surface area contributed by atoms with Crippen LogP contribution in [0.4, 0.5) is 0 Å². The summed E-state index contributed by atoms with van der Waals surface area (Å²) in [4.78, 5) is 37.8. The van der Waals surface area contributed by atoms with Gasteiger partial charge in [0.25, 0.3) is 11.8 Å². The number of rotatable bonds is 4. The van der Waals surface area contributed by atoms with Gasteiger partial charge in [-0.1, -0.05) is 30.3 Å². The third-order valence-electron chi connectivity index (χ3n) is 7.20. The first-order chi connectivity index (χ1) is 16.5. The average molecular weight is 453 g/mol. The number of nitrogens with zero attached hydrogens (tertiary/aromatic N) is 2. The fourth-order valence-corrected chi connectivity index (χ4v) is 5.71. The molecular formula is C27H24N4O3. The highest BCUT2D eigenvalue weighted by atomic mass is 16.2. The number of fused-ring (bicyclic) bond motifs is 4. The van der Waals surface area contributed by atoms with Crippen LogP contribution in [0.25, 0.3) is 33.0 Å². The van der Waals surface area contributed by atoms with Gasteiger partial charge in [0.05, 0.1) is 11.1 Å². The Balaban J connectivity index is 1.71. The number of nitrogens with one attached hydrogen (secondary N) is 2. The van der Waals surface area contributed by atoms with Gasteiger partial charge in [-0.05, 0) is 31.0 Å². The van der Waals surface area contributed by atoms with Gasteiger partial charge < -0.3 is 14.5 Å². The van der Waals surface area contributed by atoms with Gasteiger partial charge in [-0.3, -0.25) is 19.7 Å². The molecule has 34 heavy (non-hydrogen) atoms. The fraction of sp³-hybridized carbons (Fsp3) is 0.222. The van der Waals surface area contributed by atoms with E-state index < -0.39 is 0 Å². The van der Waals surface area contributed by atoms with Crippen molar-refractivity contribution >= 4 is 51.2 Å². The Hall–Kier alpha value is -4.13. The molecule has 0 aliphatic carbocycles. The van der Waals surface area contributed by atoms with Gasteiger partial charge in [0.1, 0.15) is 0 Å². The van der Waals surface area contributed by atoms with Gasteiger partial charge in [0, 0.05) is 70.9 Å². The lowest BCUT2D eigenvalue weighted by atomic mass is 9.90. The van der Waals surface area contributed by atoms with Crippen molar-refractivity contribution in [3.8, 4) is 0 Å². The highest BCUT2D eigenvalue weighted by molar-refractivity contribution is 6.51. The highest BCUT2D eigenvalue weighted by Gasteiger charge is 2.38. The smallest absolute Gasteiger partial charge is 0.259 e. The summed E-state index contributed by atoms with van der Waals surface area (Å²) in [6.07, 6.45) is 4.06. The molecule has 4 heterocycles. The van der Waals surface area contributed by atoms with E-state index in [1.807, 2.05) is 61.1 Å². The normalized spacial score (nSPS) is 18.0. The second-order valence-electron chi connectivity index (χ2n) is 9.12. The van der Waals surface area contributed by atoms with Crippen LogP contribution in [0, 0.1) is 6.92 Å². The van der Waals surface area contributed by atoms with Crippen LogP contribution < -0.4 is 10.6 Å². The van der Waals surface area contributed by atoms with Crippen molar-refractivity contribution in [2.75, 3.05) is 0 Å². The average Bonchev–Trinajstić information content (AvgIpc) is 3.43. The summed E-state index contributed by atoms with van der Waals surface area (Å²) in [5, 5.41) is 7.39. The van der Waals surface area contributed by atoms with Crippen LogP contribution in [-0.4, -0.2) is 33.4 Å². The lowest BCUT2D eigenvalue weighted by molar-refractivity contribution is -0.122. The molecule has 0 saturated heterocycles. The molecule has 2 aromatic heterocycles. The number of amides is 3. The predicted molar refractivity (Wildman–Crippen MR) is 131 cm³/mol. The van der Waals surface area contributed by atoms with E-state index in [0.717, 1.165) is 63.6 Å². The van der Waals surface area contributed by atoms with E-state index in [1.165, 1.54) is 0 Å². The van der Waals surface area contributed by atoms with E-state index >= 15 is 0 Å². The summed E-state index contributed by atoms with van der Waals surface area (Å²) in [6.45, 7) is 2.76. The Morgan fingerprint density at radius 3 is 2.62 bits per heavy atom. The molecule has 0 radical (unpaired) electrons. The molecule has 2 aliphatic rings. The van der Waals surface area contributed by atoms with E-state index in [-0.39, 0.29) is 17.9 Å². The molecule has 2 aromatic carbocycles. The maximum absolute atomic E-state index is 13.4. The third-order valence-corrected chi connectivity index (χ3v) is 7.20. The number of hydrogen-bond acceptors (Lipinski definition) is 3. The lowest BCUT2D eigenvalue weighted by Gasteiger charge is -2.25. The van der Waals surface area contributed by atoms with Crippen molar-refractivity contribution in [1.29, 1.82) is 0 Å². The third kappa shape index (κ3) is 2.79. The lowest BCUT2D eigenvalue weighted by Crippen LogP contribution is -2.35. The molecule has 3 amide bonds. The van der Waals surface area contributed by atoms with Crippen molar-refractivity contribution in [1.82, 2.24) is 19.8 Å². The van der Waals surface area contributed by atoms with Crippen LogP contribution >= 0.6 is 0 Å². The number of imide groups is 1. The van der Waals surface area contributed by atoms with Gasteiger partial charge in [-0.25, -0.2) is 0 Å². The Labute approximate surface area is 196 Å². The highest BCUT2D eigenvalue weighted by Crippen LogP contribution is 2.43. The van der Waals surface area contributed by atoms with Crippen LogP contribution in [0.1, 0.15) is 28.8 Å². The Bertz CT molecular complexity index is 1570. The number of carbonyl (C=O) groups is 3. The van der Waals surface area contributed by atoms with Crippen LogP contribution in [0.5, 0.6) is 0 Å². The molecule has 7 heteroatoms. The number of para-hydroxylation sites is 1. The number of aromatic nitrogens is 2. The minimum absolute atomic E-state index is 0.0184. The van der Waals surface area contributed by atoms with E-state index in [0.29, 0.717) is 17.6 Å². The largest absolute Gasteiger partial charge is 0.355 e. The van der Waals surface area contributed by atoms with Crippen molar-refractivity contribution in [3.05, 3.63) is 71.0 Å². The standard InChI is InChI=1S/C27H24N4O3/c1-15-6-5-9-20-22(15)24(21-12-16(28-14-32)10-11-31(20)21)25-23(26(33)29-27(25)34)18-13-30(2)19-8-4-3-7-17(18)19/h3-9,13-14,16H,10-12H2,1-2H3,(H,28,32)(H,29,33,34). The molecule has 0 spiro atoms. The molecule has 0 bridgehead atoms. The molecule has 1 atom stereocenters. The molecule has 6 rings (SSSR count). The van der Waals surface area contributed by atoms with E-state index in [9.17, 15) is 14.4 Å². The maximum Gasteiger partial charge on any atom is 0.259 e. The molecule has 4 aromatic rings. The summed E-state index contributed by atoms with van der Waals surface area (Å²) in [6, 6.07) is 14.0. The minimum atomic E-state index is -0.378. The van der Waals surface area contributed by atoms with Gasteiger partial charge in [-0.2, -0.15) is 0 Å². The predicted octanol–water partition coefficient (Wildman–Crippen LogP) is 3.07. The van der Waals surface area contributed by atoms with Gasteiger partial charge in [0.15, 0.2) is 0 Å². The molecule has 2 N–H and O–H groups in total. The molecule has 7 nitrogen and oxygen atoms in total. The Kier molecular flexibility index (Phi) is 4.49. The summed E-state index contributed by atoms with van der Waals surface area (Å²) in [5.74, 6) is -0.756. The maximum atomic E-state index is 13.4. The first-order valence-electron chi connectivity index (χ1n) is 11.4. The SMILES string of the molecule is Cc1cccc2c1c(C1=C(c3cn(C)c4ccccc34)C(=O)NC1=O)c1n2CCC(NC=O)C1.